The summed E-state index contributed by atoms with van der Waals surface area (Å²) in [7, 11) is 0. The summed E-state index contributed by atoms with van der Waals surface area (Å²) in [5, 5.41) is 8.93. The highest BCUT2D eigenvalue weighted by molar-refractivity contribution is 5.75. The normalized spacial score (nSPS) is 24.8. The lowest BCUT2D eigenvalue weighted by molar-refractivity contribution is -0.158. The molecule has 1 aliphatic heterocycles. The number of nitrogens with zero attached hydrogens (tertiary/aromatic N) is 1. The summed E-state index contributed by atoms with van der Waals surface area (Å²) >= 11 is 0. The van der Waals surface area contributed by atoms with E-state index >= 15 is 0 Å². The van der Waals surface area contributed by atoms with Crippen LogP contribution in [0.15, 0.2) is 0 Å². The van der Waals surface area contributed by atoms with E-state index in [1.54, 1.807) is 20.8 Å². The minimum Gasteiger partial charge on any atom is -0.479 e. The molecule has 2 atom stereocenters. The van der Waals surface area contributed by atoms with E-state index in [1.807, 2.05) is 6.92 Å². The molecular formula is C12H21NO5. The standard InChI is InChI=1S/C12H21NO5/c1-5-8-7-17-9(10(14)15)6-13(8)11(16)18-12(2,3)4/h8-9H,5-7H2,1-4H3,(H,14,15). The molecule has 1 saturated heterocycles. The molecule has 1 aliphatic rings. The Balaban J connectivity index is 2.74. The molecule has 0 aromatic heterocycles. The Morgan fingerprint density at radius 3 is 2.50 bits per heavy atom. The van der Waals surface area contributed by atoms with Crippen molar-refractivity contribution in [3.63, 3.8) is 0 Å². The Morgan fingerprint density at radius 2 is 2.06 bits per heavy atom. The first-order valence-electron chi connectivity index (χ1n) is 6.08. The summed E-state index contributed by atoms with van der Waals surface area (Å²) in [6, 6.07) is -0.129. The number of amides is 1. The van der Waals surface area contributed by atoms with Crippen LogP contribution in [0.4, 0.5) is 4.79 Å². The van der Waals surface area contributed by atoms with Crippen molar-refractivity contribution in [2.45, 2.75) is 51.9 Å². The zero-order chi connectivity index (χ0) is 13.9. The topological polar surface area (TPSA) is 76.1 Å². The zero-order valence-electron chi connectivity index (χ0n) is 11.3. The quantitative estimate of drug-likeness (QED) is 0.813. The van der Waals surface area contributed by atoms with Gasteiger partial charge in [-0.15, -0.1) is 0 Å². The van der Waals surface area contributed by atoms with Crippen molar-refractivity contribution >= 4 is 12.1 Å². The maximum absolute atomic E-state index is 12.0. The number of aliphatic carboxylic acids is 1. The molecule has 1 fully saturated rings. The SMILES string of the molecule is CCC1COC(C(=O)O)CN1C(=O)OC(C)(C)C. The number of morpholine rings is 1. The van der Waals surface area contributed by atoms with E-state index in [0.717, 1.165) is 0 Å². The third-order valence-electron chi connectivity index (χ3n) is 2.67. The van der Waals surface area contributed by atoms with Gasteiger partial charge >= 0.3 is 12.1 Å². The third kappa shape index (κ3) is 3.87. The molecule has 0 spiro atoms. The molecule has 0 radical (unpaired) electrons. The third-order valence-corrected chi connectivity index (χ3v) is 2.67. The predicted octanol–water partition coefficient (Wildman–Crippen LogP) is 1.49. The fraction of sp³-hybridized carbons (Fsp3) is 0.833. The van der Waals surface area contributed by atoms with Crippen LogP contribution >= 0.6 is 0 Å². The molecule has 1 N–H and O–H groups in total. The molecule has 0 bridgehead atoms. The lowest BCUT2D eigenvalue weighted by atomic mass is 10.1. The second-order valence-electron chi connectivity index (χ2n) is 5.35. The van der Waals surface area contributed by atoms with Gasteiger partial charge in [-0.3, -0.25) is 4.90 Å². The summed E-state index contributed by atoms with van der Waals surface area (Å²) in [5.74, 6) is -1.06. The fourth-order valence-corrected chi connectivity index (χ4v) is 1.73. The summed E-state index contributed by atoms with van der Waals surface area (Å²) in [6.45, 7) is 7.52. The Bertz CT molecular complexity index is 323. The van der Waals surface area contributed by atoms with Gasteiger partial charge in [-0.1, -0.05) is 6.92 Å². The Labute approximate surface area is 107 Å². The highest BCUT2D eigenvalue weighted by Gasteiger charge is 2.36. The molecule has 6 nitrogen and oxygen atoms in total. The van der Waals surface area contributed by atoms with Gasteiger partial charge in [-0.05, 0) is 27.2 Å². The smallest absolute Gasteiger partial charge is 0.410 e. The lowest BCUT2D eigenvalue weighted by Gasteiger charge is -2.38. The zero-order valence-corrected chi connectivity index (χ0v) is 11.3. The summed E-state index contributed by atoms with van der Waals surface area (Å²) in [4.78, 5) is 24.4. The van der Waals surface area contributed by atoms with E-state index in [0.29, 0.717) is 6.42 Å². The maximum atomic E-state index is 12.0. The van der Waals surface area contributed by atoms with Crippen molar-refractivity contribution in [2.24, 2.45) is 0 Å². The van der Waals surface area contributed by atoms with Crippen LogP contribution in [0.1, 0.15) is 34.1 Å². The minimum atomic E-state index is -1.06. The number of rotatable bonds is 2. The first-order valence-corrected chi connectivity index (χ1v) is 6.08. The van der Waals surface area contributed by atoms with E-state index in [9.17, 15) is 9.59 Å². The van der Waals surface area contributed by atoms with E-state index in [4.69, 9.17) is 14.6 Å². The van der Waals surface area contributed by atoms with Gasteiger partial charge in [0.25, 0.3) is 0 Å². The first-order chi connectivity index (χ1) is 8.24. The molecule has 18 heavy (non-hydrogen) atoms. The lowest BCUT2D eigenvalue weighted by Crippen LogP contribution is -2.55. The fourth-order valence-electron chi connectivity index (χ4n) is 1.73. The highest BCUT2D eigenvalue weighted by Crippen LogP contribution is 2.18. The Hall–Kier alpha value is -1.30. The average molecular weight is 259 g/mol. The van der Waals surface area contributed by atoms with Gasteiger partial charge < -0.3 is 14.6 Å². The number of ether oxygens (including phenoxy) is 2. The van der Waals surface area contributed by atoms with Gasteiger partial charge in [-0.25, -0.2) is 9.59 Å². The second-order valence-corrected chi connectivity index (χ2v) is 5.35. The van der Waals surface area contributed by atoms with Crippen LogP contribution in [-0.4, -0.2) is 53.0 Å². The van der Waals surface area contributed by atoms with E-state index < -0.39 is 23.8 Å². The molecule has 6 heteroatoms. The van der Waals surface area contributed by atoms with Gasteiger partial charge in [-0.2, -0.15) is 0 Å². The molecule has 0 aromatic carbocycles. The van der Waals surface area contributed by atoms with Gasteiger partial charge in [0.2, 0.25) is 0 Å². The number of hydrogen-bond donors (Lipinski definition) is 1. The predicted molar refractivity (Wildman–Crippen MR) is 64.4 cm³/mol. The van der Waals surface area contributed by atoms with Crippen molar-refractivity contribution in [2.75, 3.05) is 13.2 Å². The van der Waals surface area contributed by atoms with Crippen LogP contribution in [0, 0.1) is 0 Å². The molecule has 0 aliphatic carbocycles. The monoisotopic (exact) mass is 259 g/mol. The molecule has 1 amide bonds. The number of carboxylic acids is 1. The van der Waals surface area contributed by atoms with Crippen molar-refractivity contribution < 1.29 is 24.2 Å². The second kappa shape index (κ2) is 5.56. The van der Waals surface area contributed by atoms with Crippen LogP contribution in [0.25, 0.3) is 0 Å². The molecule has 104 valence electrons. The highest BCUT2D eigenvalue weighted by atomic mass is 16.6. The number of carbonyl (C=O) groups excluding carboxylic acids is 1. The van der Waals surface area contributed by atoms with Gasteiger partial charge in [0.15, 0.2) is 6.10 Å². The van der Waals surface area contributed by atoms with Crippen molar-refractivity contribution in [1.82, 2.24) is 4.90 Å². The van der Waals surface area contributed by atoms with E-state index in [2.05, 4.69) is 0 Å². The van der Waals surface area contributed by atoms with Crippen molar-refractivity contribution in [3.8, 4) is 0 Å². The summed E-state index contributed by atoms with van der Waals surface area (Å²) < 4.78 is 10.5. The number of carbonyl (C=O) groups is 2. The molecule has 2 unspecified atom stereocenters. The van der Waals surface area contributed by atoms with Gasteiger partial charge in [0.1, 0.15) is 5.60 Å². The molecule has 1 rings (SSSR count). The molecular weight excluding hydrogens is 238 g/mol. The van der Waals surface area contributed by atoms with Crippen LogP contribution in [0.2, 0.25) is 0 Å². The van der Waals surface area contributed by atoms with Crippen molar-refractivity contribution in [3.05, 3.63) is 0 Å². The molecule has 0 aromatic rings. The van der Waals surface area contributed by atoms with Crippen LogP contribution in [0.3, 0.4) is 0 Å². The number of hydrogen-bond acceptors (Lipinski definition) is 4. The van der Waals surface area contributed by atoms with Gasteiger partial charge in [0.05, 0.1) is 19.2 Å². The van der Waals surface area contributed by atoms with Crippen molar-refractivity contribution in [1.29, 1.82) is 0 Å². The minimum absolute atomic E-state index is 0.0305. The van der Waals surface area contributed by atoms with Gasteiger partial charge in [0, 0.05) is 0 Å². The van der Waals surface area contributed by atoms with Crippen LogP contribution in [-0.2, 0) is 14.3 Å². The largest absolute Gasteiger partial charge is 0.479 e. The molecule has 1 heterocycles. The van der Waals surface area contributed by atoms with E-state index in [-0.39, 0.29) is 19.2 Å². The average Bonchev–Trinajstić information content (AvgIpc) is 2.25. The maximum Gasteiger partial charge on any atom is 0.410 e. The molecule has 0 saturated carbocycles. The Kier molecular flexibility index (Phi) is 4.56. The summed E-state index contributed by atoms with van der Waals surface area (Å²) in [5.41, 5.74) is -0.591. The first kappa shape index (κ1) is 14.8. The van der Waals surface area contributed by atoms with Crippen LogP contribution < -0.4 is 0 Å². The Morgan fingerprint density at radius 1 is 1.44 bits per heavy atom. The summed E-state index contributed by atoms with van der Waals surface area (Å²) in [6.07, 6.45) is -0.754. The number of carboxylic acid groups (broad SMARTS) is 1. The van der Waals surface area contributed by atoms with Crippen LogP contribution in [0.5, 0.6) is 0 Å². The van der Waals surface area contributed by atoms with E-state index in [1.165, 1.54) is 4.90 Å².